The Kier molecular flexibility index (Phi) is 27.6. The number of carbonyl (C=O) groups is 11. The van der Waals surface area contributed by atoms with E-state index in [2.05, 4.69) is 62.5 Å². The number of phenolic OH excluding ortho intramolecular Hbond substituents is 1. The van der Waals surface area contributed by atoms with Crippen molar-refractivity contribution >= 4 is 111 Å². The Bertz CT molecular complexity index is 3970. The molecule has 2 aliphatic rings. The average molecular weight is 1430 g/mol. The first-order valence-corrected chi connectivity index (χ1v) is 35.0. The number of phenols is 1. The number of nitrogens with two attached hydrogens (primary N) is 4. The molecule has 538 valence electrons. The van der Waals surface area contributed by atoms with Gasteiger partial charge in [0, 0.05) is 90.7 Å². The molecule has 0 unspecified atom stereocenters. The number of carboxylic acid groups (broad SMARTS) is 1. The molecule has 2 aromatic heterocycles. The van der Waals surface area contributed by atoms with Gasteiger partial charge in [-0.1, -0.05) is 48.5 Å². The van der Waals surface area contributed by atoms with Crippen LogP contribution in [0.3, 0.4) is 0 Å². The number of carbonyl (C=O) groups excluding carboxylic acids is 10. The Morgan fingerprint density at radius 1 is 0.693 bits per heavy atom. The van der Waals surface area contributed by atoms with Gasteiger partial charge in [-0.15, -0.1) is 0 Å². The number of rotatable bonds is 16. The predicted molar refractivity (Wildman–Crippen MR) is 375 cm³/mol. The van der Waals surface area contributed by atoms with Crippen molar-refractivity contribution in [2.45, 2.75) is 137 Å². The molecule has 1 fully saturated rings. The number of imidazole rings is 1. The van der Waals surface area contributed by atoms with Gasteiger partial charge < -0.3 is 90.5 Å². The number of hydrogen-bond acceptors (Lipinski definition) is 17. The van der Waals surface area contributed by atoms with Gasteiger partial charge >= 0.3 is 5.97 Å². The summed E-state index contributed by atoms with van der Waals surface area (Å²) in [5, 5.41) is 41.9. The molecule has 33 heteroatoms. The first kappa shape index (κ1) is 76.2. The molecule has 0 saturated carbocycles. The molecule has 101 heavy (non-hydrogen) atoms. The zero-order valence-electron chi connectivity index (χ0n) is 55.4. The number of carboxylic acids is 1. The van der Waals surface area contributed by atoms with Crippen LogP contribution < -0.4 is 65.5 Å². The summed E-state index contributed by atoms with van der Waals surface area (Å²) in [6.45, 7) is 1.13. The molecule has 6 aromatic rings. The Morgan fingerprint density at radius 2 is 1.32 bits per heavy atom. The summed E-state index contributed by atoms with van der Waals surface area (Å²) >= 11 is 2.80. The maximum Gasteiger partial charge on any atom is 0.305 e. The second-order valence-electron chi connectivity index (χ2n) is 24.8. The summed E-state index contributed by atoms with van der Waals surface area (Å²) in [6.07, 6.45) is 3.17. The largest absolute Gasteiger partial charge is 0.508 e. The quantitative estimate of drug-likeness (QED) is 0.0356. The van der Waals surface area contributed by atoms with Crippen LogP contribution in [-0.4, -0.2) is 180 Å². The van der Waals surface area contributed by atoms with Crippen LogP contribution in [0.4, 0.5) is 10.1 Å². The van der Waals surface area contributed by atoms with Crippen LogP contribution in [0.25, 0.3) is 10.9 Å². The molecule has 0 radical (unpaired) electrons. The second-order valence-corrected chi connectivity index (χ2v) is 26.9. The molecule has 2 bridgehead atoms. The van der Waals surface area contributed by atoms with Crippen molar-refractivity contribution in [3.63, 3.8) is 0 Å². The number of aromatic amines is 2. The van der Waals surface area contributed by atoms with Gasteiger partial charge in [-0.05, 0) is 116 Å². The molecule has 4 aromatic carbocycles. The summed E-state index contributed by atoms with van der Waals surface area (Å²) in [5.74, 6) is -10.1. The molecule has 8 atom stereocenters. The lowest BCUT2D eigenvalue weighted by Gasteiger charge is -2.37. The SMILES string of the molecule is C[C@@]12CCCN1C(=O)[C@H](Cc1ccc(O)cc1)NC(=O)[C@H](Cc1cnc[nH]1)NC(=O)[C@H](CC(=O)O)NC(=O)[C@H](Cc1c[nH]c3ccc(F)cc13)NC(=O)[C@H](Cc1ccc(N=C(N)N)cc1)NC(=O)CNC(=O)[C@H](CCCCN)NC(=O)CCSCc1cccc(c1)CSC[C@H](C(N)=O)NC2=O. The third-order valence-electron chi connectivity index (χ3n) is 17.0. The molecule has 0 spiro atoms. The highest BCUT2D eigenvalue weighted by atomic mass is 32.2. The van der Waals surface area contributed by atoms with Crippen LogP contribution in [0.2, 0.25) is 0 Å². The van der Waals surface area contributed by atoms with Gasteiger partial charge in [0.05, 0.1) is 25.0 Å². The molecule has 8 rings (SSSR count). The average Bonchev–Trinajstić information content (AvgIpc) is 1.68. The van der Waals surface area contributed by atoms with Crippen molar-refractivity contribution in [2.75, 3.05) is 31.1 Å². The maximum atomic E-state index is 15.2. The van der Waals surface area contributed by atoms with Crippen molar-refractivity contribution in [1.82, 2.24) is 62.4 Å². The number of aliphatic carboxylic acids is 1. The Labute approximate surface area is 588 Å². The van der Waals surface area contributed by atoms with Crippen molar-refractivity contribution in [3.8, 4) is 5.75 Å². The minimum Gasteiger partial charge on any atom is -0.508 e. The molecule has 20 N–H and O–H groups in total. The van der Waals surface area contributed by atoms with Gasteiger partial charge in [0.25, 0.3) is 0 Å². The Balaban J connectivity index is 1.15. The van der Waals surface area contributed by atoms with E-state index in [1.54, 1.807) is 12.1 Å². The molecule has 4 heterocycles. The zero-order chi connectivity index (χ0) is 72.8. The number of H-pyrrole nitrogens is 2. The zero-order valence-corrected chi connectivity index (χ0v) is 57.0. The molecule has 1 saturated heterocycles. The van der Waals surface area contributed by atoms with E-state index in [0.29, 0.717) is 65.4 Å². The summed E-state index contributed by atoms with van der Waals surface area (Å²) in [4.78, 5) is 172. The number of aromatic nitrogens is 3. The van der Waals surface area contributed by atoms with Crippen LogP contribution >= 0.6 is 23.5 Å². The fourth-order valence-electron chi connectivity index (χ4n) is 11.7. The molecular formula is C68H84FN17O13S2. The minimum absolute atomic E-state index is 0.0179. The summed E-state index contributed by atoms with van der Waals surface area (Å²) < 4.78 is 14.9. The number of primary amides is 1. The van der Waals surface area contributed by atoms with Gasteiger partial charge in [0.2, 0.25) is 59.1 Å². The van der Waals surface area contributed by atoms with Gasteiger partial charge in [-0.25, -0.2) is 14.4 Å². The van der Waals surface area contributed by atoms with Crippen LogP contribution in [0.5, 0.6) is 5.75 Å². The highest BCUT2D eigenvalue weighted by Gasteiger charge is 2.48. The lowest BCUT2D eigenvalue weighted by Crippen LogP contribution is -2.63. The number of guanidine groups is 1. The number of hydrogen-bond donors (Lipinski definition) is 16. The van der Waals surface area contributed by atoms with Crippen molar-refractivity contribution < 1.29 is 67.3 Å². The van der Waals surface area contributed by atoms with Gasteiger partial charge in [0.15, 0.2) is 5.96 Å². The van der Waals surface area contributed by atoms with Crippen LogP contribution in [0.1, 0.15) is 85.4 Å². The van der Waals surface area contributed by atoms with Crippen LogP contribution in [0.15, 0.2) is 115 Å². The number of fused-ring (bicyclic) bond motifs is 4. The molecular weight excluding hydrogens is 1350 g/mol. The summed E-state index contributed by atoms with van der Waals surface area (Å²) in [6, 6.07) is 12.5. The monoisotopic (exact) mass is 1430 g/mol. The smallest absolute Gasteiger partial charge is 0.305 e. The van der Waals surface area contributed by atoms with E-state index in [1.165, 1.54) is 109 Å². The number of thioether (sulfide) groups is 2. The van der Waals surface area contributed by atoms with E-state index >= 15 is 14.4 Å². The third-order valence-corrected chi connectivity index (χ3v) is 19.2. The minimum atomic E-state index is -2.03. The lowest BCUT2D eigenvalue weighted by atomic mass is 9.95. The number of aromatic hydroxyl groups is 1. The van der Waals surface area contributed by atoms with E-state index in [1.807, 2.05) is 24.3 Å². The van der Waals surface area contributed by atoms with Crippen LogP contribution in [-0.2, 0) is 89.9 Å². The Morgan fingerprint density at radius 3 is 1.97 bits per heavy atom. The number of nitrogens with one attached hydrogen (secondary N) is 10. The van der Waals surface area contributed by atoms with Crippen molar-refractivity contribution in [3.05, 3.63) is 149 Å². The predicted octanol–water partition coefficient (Wildman–Crippen LogP) is 0.461. The second kappa shape index (κ2) is 36.5. The number of amides is 10. The number of aliphatic imine (C=N–C) groups is 1. The molecule has 10 amide bonds. The van der Waals surface area contributed by atoms with E-state index in [9.17, 15) is 53.0 Å². The molecule has 2 aliphatic heterocycles. The normalized spacial score (nSPS) is 22.5. The number of unbranched alkanes of at least 4 members (excludes halogenated alkanes) is 1. The number of nitrogens with zero attached hydrogens (tertiary/aromatic N) is 3. The first-order valence-electron chi connectivity index (χ1n) is 32.7. The fraction of sp³-hybridized carbons (Fsp3) is 0.397. The maximum absolute atomic E-state index is 15.2. The highest BCUT2D eigenvalue weighted by molar-refractivity contribution is 7.98. The van der Waals surface area contributed by atoms with Gasteiger partial charge in [-0.3, -0.25) is 52.7 Å². The molecule has 30 nitrogen and oxygen atoms in total. The van der Waals surface area contributed by atoms with Crippen molar-refractivity contribution in [2.24, 2.45) is 27.9 Å². The standard InChI is InChI=1S/C68H84FN17O13S2/c1-68-20-5-22-86(68)65(98)54(26-39-11-16-46(87)17-12-39)84-63(96)52(29-45-32-74-37-77-45)82-64(97)53(30-58(90)91)83-62(95)51(27-42-31-75-48-18-13-43(69)28-47(42)48)81-61(94)50(25-38-9-14-44(15-10-38)78-67(72)73)80-57(89)33-76-60(93)49(8-2-3-21-70)79-56(88)19-23-100-34-40-6-4-7-41(24-40)35-101-36-55(59(71)92)85-66(68)99/h4,6-7,9-18,24,28,31-32,37,49-55,75,87H,2-3,5,8,19-23,25-27,29-30,33-36,70H2,1H3,(H2,71,92)(H,74,77)(H,76,93)(H,79,88)(H,80,89)(H,81,94)(H,82,97)(H,83,95)(H,84,96)(H,85,99)(H,90,91)(H4,72,73,78)/t49-,50-,51-,52-,53-,54-,55+,68-/m0/s1. The Hall–Kier alpha value is -10.5. The topological polar surface area (TPSA) is 489 Å². The van der Waals surface area contributed by atoms with E-state index in [0.717, 1.165) is 11.1 Å². The number of benzene rings is 4. The van der Waals surface area contributed by atoms with Crippen molar-refractivity contribution in [1.29, 1.82) is 0 Å². The van der Waals surface area contributed by atoms with Gasteiger partial charge in [0.1, 0.15) is 59.4 Å². The molecule has 0 aliphatic carbocycles. The summed E-state index contributed by atoms with van der Waals surface area (Å²) in [7, 11) is 0. The van der Waals surface area contributed by atoms with E-state index in [4.69, 9.17) is 22.9 Å². The van der Waals surface area contributed by atoms with Gasteiger partial charge in [-0.2, -0.15) is 23.5 Å². The highest BCUT2D eigenvalue weighted by Crippen LogP contribution is 2.32. The lowest BCUT2D eigenvalue weighted by molar-refractivity contribution is -0.147. The van der Waals surface area contributed by atoms with E-state index in [-0.39, 0.29) is 79.2 Å². The number of halogens is 1. The van der Waals surface area contributed by atoms with Crippen LogP contribution in [0, 0.1) is 5.82 Å². The fourth-order valence-corrected chi connectivity index (χ4v) is 13.6. The summed E-state index contributed by atoms with van der Waals surface area (Å²) in [5.41, 5.74) is 25.2. The first-order chi connectivity index (χ1) is 48.3. The van der Waals surface area contributed by atoms with E-state index < -0.39 is 138 Å². The third kappa shape index (κ3) is 22.5.